The first-order valence-electron chi connectivity index (χ1n) is 5.23. The molecule has 19 heavy (non-hydrogen) atoms. The van der Waals surface area contributed by atoms with Gasteiger partial charge in [0.1, 0.15) is 11.6 Å². The van der Waals surface area contributed by atoms with Crippen LogP contribution in [0.3, 0.4) is 0 Å². The molecule has 0 aliphatic heterocycles. The van der Waals surface area contributed by atoms with Crippen molar-refractivity contribution in [2.24, 2.45) is 0 Å². The molecule has 2 aromatic rings. The van der Waals surface area contributed by atoms with E-state index < -0.39 is 11.8 Å². The Bertz CT molecular complexity index is 646. The summed E-state index contributed by atoms with van der Waals surface area (Å²) in [6.45, 7) is 0. The van der Waals surface area contributed by atoms with Crippen molar-refractivity contribution in [3.63, 3.8) is 0 Å². The average molecular weight is 282 g/mol. The van der Waals surface area contributed by atoms with Gasteiger partial charge in [-0.25, -0.2) is 9.18 Å². The van der Waals surface area contributed by atoms with Crippen LogP contribution >= 0.6 is 11.6 Å². The third-order valence-electron chi connectivity index (χ3n) is 2.39. The van der Waals surface area contributed by atoms with E-state index in [0.717, 1.165) is 6.07 Å². The van der Waals surface area contributed by atoms with E-state index in [2.05, 4.69) is 0 Å². The van der Waals surface area contributed by atoms with E-state index in [4.69, 9.17) is 27.2 Å². The molecule has 0 fully saturated rings. The number of carboxylic acid groups (broad SMARTS) is 1. The number of carboxylic acids is 1. The van der Waals surface area contributed by atoms with Gasteiger partial charge in [-0.1, -0.05) is 17.7 Å². The number of nitrogen functional groups attached to an aromatic ring is 1. The van der Waals surface area contributed by atoms with Crippen LogP contribution in [0.4, 0.5) is 10.1 Å². The van der Waals surface area contributed by atoms with Crippen LogP contribution in [0.1, 0.15) is 10.4 Å². The summed E-state index contributed by atoms with van der Waals surface area (Å²) in [6.07, 6.45) is 0. The Hall–Kier alpha value is -2.27. The first-order chi connectivity index (χ1) is 8.99. The number of carbonyl (C=O) groups is 1. The van der Waals surface area contributed by atoms with Gasteiger partial charge in [0.15, 0.2) is 5.75 Å². The maximum Gasteiger partial charge on any atom is 0.337 e. The van der Waals surface area contributed by atoms with Crippen molar-refractivity contribution >= 4 is 23.3 Å². The zero-order valence-corrected chi connectivity index (χ0v) is 10.3. The summed E-state index contributed by atoms with van der Waals surface area (Å²) in [4.78, 5) is 10.9. The molecule has 4 nitrogen and oxygen atoms in total. The number of hydrogen-bond acceptors (Lipinski definition) is 3. The van der Waals surface area contributed by atoms with E-state index >= 15 is 0 Å². The Labute approximate surface area is 113 Å². The molecule has 98 valence electrons. The second-order valence-corrected chi connectivity index (χ2v) is 4.09. The van der Waals surface area contributed by atoms with Gasteiger partial charge in [0.25, 0.3) is 0 Å². The predicted octanol–water partition coefficient (Wildman–Crippen LogP) is 3.55. The maximum atomic E-state index is 12.9. The van der Waals surface area contributed by atoms with Crippen LogP contribution in [0, 0.1) is 5.82 Å². The van der Waals surface area contributed by atoms with E-state index in [1.807, 2.05) is 0 Å². The molecule has 0 atom stereocenters. The van der Waals surface area contributed by atoms with Crippen molar-refractivity contribution in [1.29, 1.82) is 0 Å². The van der Waals surface area contributed by atoms with Crippen molar-refractivity contribution in [3.8, 4) is 11.5 Å². The molecule has 0 aromatic heterocycles. The molecule has 0 spiro atoms. The van der Waals surface area contributed by atoms with Gasteiger partial charge in [-0.15, -0.1) is 0 Å². The van der Waals surface area contributed by atoms with Crippen LogP contribution in [0.15, 0.2) is 36.4 Å². The second kappa shape index (κ2) is 5.16. The lowest BCUT2D eigenvalue weighted by molar-refractivity contribution is 0.0696. The Morgan fingerprint density at radius 1 is 1.26 bits per heavy atom. The van der Waals surface area contributed by atoms with E-state index in [9.17, 15) is 9.18 Å². The number of nitrogens with two attached hydrogens (primary N) is 1. The number of aromatic carboxylic acids is 1. The zero-order chi connectivity index (χ0) is 14.0. The Morgan fingerprint density at radius 2 is 2.00 bits per heavy atom. The summed E-state index contributed by atoms with van der Waals surface area (Å²) in [6, 6.07) is 7.97. The standard InChI is InChI=1S/C13H9ClFNO3/c14-12-8(13(17)18)2-1-3-11(12)19-10-5-4-7(15)6-9(10)16/h1-6H,16H2,(H,17,18). The fourth-order valence-corrected chi connectivity index (χ4v) is 1.73. The van der Waals surface area contributed by atoms with E-state index in [0.29, 0.717) is 0 Å². The molecule has 0 aliphatic rings. The summed E-state index contributed by atoms with van der Waals surface area (Å²) in [5.74, 6) is -1.32. The van der Waals surface area contributed by atoms with Gasteiger partial charge in [-0.05, 0) is 24.3 Å². The topological polar surface area (TPSA) is 72.5 Å². The molecule has 2 rings (SSSR count). The van der Waals surface area contributed by atoms with Gasteiger partial charge < -0.3 is 15.6 Å². The molecule has 0 aliphatic carbocycles. The number of hydrogen-bond donors (Lipinski definition) is 2. The Balaban J connectivity index is 2.38. The molecule has 0 bridgehead atoms. The molecule has 6 heteroatoms. The smallest absolute Gasteiger partial charge is 0.337 e. The van der Waals surface area contributed by atoms with Crippen molar-refractivity contribution in [2.75, 3.05) is 5.73 Å². The molecule has 0 amide bonds. The summed E-state index contributed by atoms with van der Waals surface area (Å²) >= 11 is 5.92. The number of anilines is 1. The van der Waals surface area contributed by atoms with Crippen LogP contribution in [0.2, 0.25) is 5.02 Å². The second-order valence-electron chi connectivity index (χ2n) is 3.71. The van der Waals surface area contributed by atoms with E-state index in [1.54, 1.807) is 0 Å². The number of halogens is 2. The number of ether oxygens (including phenoxy) is 1. The van der Waals surface area contributed by atoms with Crippen molar-refractivity contribution in [1.82, 2.24) is 0 Å². The highest BCUT2D eigenvalue weighted by Crippen LogP contribution is 2.34. The zero-order valence-electron chi connectivity index (χ0n) is 9.56. The van der Waals surface area contributed by atoms with Crippen molar-refractivity contribution in [3.05, 3.63) is 52.8 Å². The number of benzene rings is 2. The lowest BCUT2D eigenvalue weighted by Crippen LogP contribution is -1.99. The highest BCUT2D eigenvalue weighted by Gasteiger charge is 2.14. The lowest BCUT2D eigenvalue weighted by atomic mass is 10.2. The molecule has 3 N–H and O–H groups in total. The predicted molar refractivity (Wildman–Crippen MR) is 69.3 cm³/mol. The van der Waals surface area contributed by atoms with Gasteiger partial charge in [0, 0.05) is 6.07 Å². The average Bonchev–Trinajstić information content (AvgIpc) is 2.34. The third kappa shape index (κ3) is 2.77. The lowest BCUT2D eigenvalue weighted by Gasteiger charge is -2.11. The summed E-state index contributed by atoms with van der Waals surface area (Å²) < 4.78 is 18.3. The molecular weight excluding hydrogens is 273 g/mol. The minimum absolute atomic E-state index is 0.0428. The molecule has 0 radical (unpaired) electrons. The van der Waals surface area contributed by atoms with E-state index in [1.165, 1.54) is 30.3 Å². The highest BCUT2D eigenvalue weighted by atomic mass is 35.5. The van der Waals surface area contributed by atoms with E-state index in [-0.39, 0.29) is 27.8 Å². The van der Waals surface area contributed by atoms with Gasteiger partial charge in [-0.2, -0.15) is 0 Å². The maximum absolute atomic E-state index is 12.9. The Kier molecular flexibility index (Phi) is 3.57. The molecule has 2 aromatic carbocycles. The molecule has 0 unspecified atom stereocenters. The summed E-state index contributed by atoms with van der Waals surface area (Å²) in [7, 11) is 0. The third-order valence-corrected chi connectivity index (χ3v) is 2.78. The van der Waals surface area contributed by atoms with Gasteiger partial charge in [-0.3, -0.25) is 0 Å². The van der Waals surface area contributed by atoms with Gasteiger partial charge in [0.2, 0.25) is 0 Å². The molecule has 0 saturated heterocycles. The minimum atomic E-state index is -1.16. The van der Waals surface area contributed by atoms with Crippen LogP contribution in [-0.4, -0.2) is 11.1 Å². The van der Waals surface area contributed by atoms with Crippen LogP contribution < -0.4 is 10.5 Å². The molecule has 0 saturated carbocycles. The number of rotatable bonds is 3. The van der Waals surface area contributed by atoms with Gasteiger partial charge in [0.05, 0.1) is 16.3 Å². The largest absolute Gasteiger partial charge is 0.478 e. The van der Waals surface area contributed by atoms with Gasteiger partial charge >= 0.3 is 5.97 Å². The van der Waals surface area contributed by atoms with Crippen LogP contribution in [-0.2, 0) is 0 Å². The quantitative estimate of drug-likeness (QED) is 0.844. The van der Waals surface area contributed by atoms with Crippen LogP contribution in [0.25, 0.3) is 0 Å². The SMILES string of the molecule is Nc1cc(F)ccc1Oc1cccc(C(=O)O)c1Cl. The molecular formula is C13H9ClFNO3. The first-order valence-corrected chi connectivity index (χ1v) is 5.61. The normalized spacial score (nSPS) is 10.2. The Morgan fingerprint density at radius 3 is 2.63 bits per heavy atom. The minimum Gasteiger partial charge on any atom is -0.478 e. The van der Waals surface area contributed by atoms with Crippen LogP contribution in [0.5, 0.6) is 11.5 Å². The summed E-state index contributed by atoms with van der Waals surface area (Å²) in [5.41, 5.74) is 5.60. The highest BCUT2D eigenvalue weighted by molar-refractivity contribution is 6.35. The molecule has 0 heterocycles. The van der Waals surface area contributed by atoms with Crippen molar-refractivity contribution < 1.29 is 19.0 Å². The summed E-state index contributed by atoms with van der Waals surface area (Å²) in [5, 5.41) is 8.89. The van der Waals surface area contributed by atoms with Crippen molar-refractivity contribution in [2.45, 2.75) is 0 Å². The fraction of sp³-hybridized carbons (Fsp3) is 0. The fourth-order valence-electron chi connectivity index (χ4n) is 1.49. The monoisotopic (exact) mass is 281 g/mol. The first kappa shape index (κ1) is 13.2.